The van der Waals surface area contributed by atoms with Gasteiger partial charge in [-0.2, -0.15) is 0 Å². The predicted octanol–water partition coefficient (Wildman–Crippen LogP) is 3.33. The highest BCUT2D eigenvalue weighted by molar-refractivity contribution is 5.82. The minimum atomic E-state index is -0.0547. The zero-order valence-electron chi connectivity index (χ0n) is 14.9. The molecule has 1 saturated heterocycles. The number of hydrogen-bond donors (Lipinski definition) is 1. The number of aromatic nitrogens is 2. The molecule has 3 aromatic rings. The molecule has 3 aromatic heterocycles. The standard InChI is InChI=1S/C20H24N4O2/c25-19(21-14-17-6-5-13-26-17)15-24-12-9-16-7-8-18(22-20(16)24)23-10-3-1-2-4-11-23/h5-9,12-13H,1-4,10-11,14-15H2,(H,21,25). The summed E-state index contributed by atoms with van der Waals surface area (Å²) in [7, 11) is 0. The highest BCUT2D eigenvalue weighted by Crippen LogP contribution is 2.22. The average molecular weight is 352 g/mol. The lowest BCUT2D eigenvalue weighted by atomic mass is 10.2. The summed E-state index contributed by atoms with van der Waals surface area (Å²) in [5, 5.41) is 3.94. The zero-order valence-corrected chi connectivity index (χ0v) is 14.9. The number of fused-ring (bicyclic) bond motifs is 1. The molecule has 136 valence electrons. The van der Waals surface area contributed by atoms with E-state index in [0.717, 1.165) is 35.7 Å². The Kier molecular flexibility index (Phi) is 4.91. The molecule has 1 aliphatic rings. The second kappa shape index (κ2) is 7.64. The fourth-order valence-electron chi connectivity index (χ4n) is 3.46. The van der Waals surface area contributed by atoms with E-state index in [1.807, 2.05) is 29.0 Å². The topological polar surface area (TPSA) is 63.3 Å². The smallest absolute Gasteiger partial charge is 0.240 e. The first-order valence-electron chi connectivity index (χ1n) is 9.29. The van der Waals surface area contributed by atoms with Crippen LogP contribution in [-0.4, -0.2) is 28.5 Å². The van der Waals surface area contributed by atoms with Crippen LogP contribution < -0.4 is 10.2 Å². The van der Waals surface area contributed by atoms with E-state index in [4.69, 9.17) is 9.40 Å². The molecule has 0 atom stereocenters. The Morgan fingerprint density at radius 1 is 1.12 bits per heavy atom. The Labute approximate surface area is 152 Å². The van der Waals surface area contributed by atoms with Gasteiger partial charge >= 0.3 is 0 Å². The van der Waals surface area contributed by atoms with Gasteiger partial charge < -0.3 is 19.2 Å². The summed E-state index contributed by atoms with van der Waals surface area (Å²) in [5.74, 6) is 1.70. The van der Waals surface area contributed by atoms with Gasteiger partial charge in [-0.15, -0.1) is 0 Å². The maximum atomic E-state index is 12.3. The van der Waals surface area contributed by atoms with Crippen molar-refractivity contribution in [1.82, 2.24) is 14.9 Å². The van der Waals surface area contributed by atoms with Crippen molar-refractivity contribution < 1.29 is 9.21 Å². The molecule has 1 amide bonds. The van der Waals surface area contributed by atoms with Gasteiger partial charge in [0.05, 0.1) is 12.8 Å². The molecule has 1 aliphatic heterocycles. The summed E-state index contributed by atoms with van der Waals surface area (Å²) in [4.78, 5) is 19.5. The van der Waals surface area contributed by atoms with E-state index >= 15 is 0 Å². The van der Waals surface area contributed by atoms with Crippen LogP contribution >= 0.6 is 0 Å². The quantitative estimate of drug-likeness (QED) is 0.765. The summed E-state index contributed by atoms with van der Waals surface area (Å²) in [6, 6.07) is 9.86. The lowest BCUT2D eigenvalue weighted by molar-refractivity contribution is -0.121. The maximum Gasteiger partial charge on any atom is 0.240 e. The van der Waals surface area contributed by atoms with Crippen LogP contribution in [0.5, 0.6) is 0 Å². The van der Waals surface area contributed by atoms with Gasteiger partial charge in [0.15, 0.2) is 0 Å². The van der Waals surface area contributed by atoms with Crippen LogP contribution in [0.2, 0.25) is 0 Å². The SMILES string of the molecule is O=C(Cn1ccc2ccc(N3CCCCCC3)nc21)NCc1ccco1. The molecule has 0 aliphatic carbocycles. The highest BCUT2D eigenvalue weighted by atomic mass is 16.3. The van der Waals surface area contributed by atoms with Crippen LogP contribution in [0.25, 0.3) is 11.0 Å². The summed E-state index contributed by atoms with van der Waals surface area (Å²) in [6.07, 6.45) is 8.56. The molecule has 6 heteroatoms. The van der Waals surface area contributed by atoms with Crippen molar-refractivity contribution in [3.8, 4) is 0 Å². The second-order valence-electron chi connectivity index (χ2n) is 6.78. The number of furan rings is 1. The average Bonchev–Trinajstić information content (AvgIpc) is 3.23. The number of carbonyl (C=O) groups is 1. The van der Waals surface area contributed by atoms with Crippen LogP contribution in [0.3, 0.4) is 0 Å². The van der Waals surface area contributed by atoms with Crippen LogP contribution in [-0.2, 0) is 17.9 Å². The van der Waals surface area contributed by atoms with E-state index in [1.165, 1.54) is 25.7 Å². The first-order valence-corrected chi connectivity index (χ1v) is 9.29. The molecule has 4 rings (SSSR count). The highest BCUT2D eigenvalue weighted by Gasteiger charge is 2.14. The van der Waals surface area contributed by atoms with E-state index in [-0.39, 0.29) is 12.5 Å². The van der Waals surface area contributed by atoms with Gasteiger partial charge in [0.2, 0.25) is 5.91 Å². The number of nitrogens with zero attached hydrogens (tertiary/aromatic N) is 3. The first kappa shape index (κ1) is 16.7. The number of anilines is 1. The fraction of sp³-hybridized carbons (Fsp3) is 0.400. The number of rotatable bonds is 5. The number of pyridine rings is 1. The van der Waals surface area contributed by atoms with Gasteiger partial charge in [-0.05, 0) is 43.2 Å². The van der Waals surface area contributed by atoms with Crippen LogP contribution in [0.15, 0.2) is 47.2 Å². The number of nitrogens with one attached hydrogen (secondary N) is 1. The van der Waals surface area contributed by atoms with Gasteiger partial charge in [0, 0.05) is 24.7 Å². The van der Waals surface area contributed by atoms with E-state index < -0.39 is 0 Å². The van der Waals surface area contributed by atoms with Gasteiger partial charge in [0.1, 0.15) is 23.8 Å². The van der Waals surface area contributed by atoms with Crippen molar-refractivity contribution in [2.45, 2.75) is 38.8 Å². The van der Waals surface area contributed by atoms with E-state index in [0.29, 0.717) is 6.54 Å². The van der Waals surface area contributed by atoms with E-state index in [2.05, 4.69) is 22.3 Å². The number of carbonyl (C=O) groups excluding carboxylic acids is 1. The maximum absolute atomic E-state index is 12.3. The van der Waals surface area contributed by atoms with Crippen molar-refractivity contribution in [1.29, 1.82) is 0 Å². The zero-order chi connectivity index (χ0) is 17.8. The fourth-order valence-corrected chi connectivity index (χ4v) is 3.46. The Hall–Kier alpha value is -2.76. The molecule has 26 heavy (non-hydrogen) atoms. The second-order valence-corrected chi connectivity index (χ2v) is 6.78. The summed E-state index contributed by atoms with van der Waals surface area (Å²) < 4.78 is 7.15. The molecule has 0 radical (unpaired) electrons. The monoisotopic (exact) mass is 352 g/mol. The molecule has 1 N–H and O–H groups in total. The predicted molar refractivity (Wildman–Crippen MR) is 101 cm³/mol. The largest absolute Gasteiger partial charge is 0.467 e. The minimum absolute atomic E-state index is 0.0547. The Morgan fingerprint density at radius 2 is 1.96 bits per heavy atom. The molecule has 0 saturated carbocycles. The van der Waals surface area contributed by atoms with Crippen molar-refractivity contribution in [2.24, 2.45) is 0 Å². The molecule has 0 bridgehead atoms. The summed E-state index contributed by atoms with van der Waals surface area (Å²) >= 11 is 0. The number of hydrogen-bond acceptors (Lipinski definition) is 4. The lowest BCUT2D eigenvalue weighted by Crippen LogP contribution is -2.27. The molecule has 4 heterocycles. The molecule has 0 aromatic carbocycles. The molecule has 1 fully saturated rings. The van der Waals surface area contributed by atoms with Crippen molar-refractivity contribution in [3.63, 3.8) is 0 Å². The molecule has 6 nitrogen and oxygen atoms in total. The molecule has 0 unspecified atom stereocenters. The van der Waals surface area contributed by atoms with Crippen molar-refractivity contribution in [3.05, 3.63) is 48.6 Å². The molecular weight excluding hydrogens is 328 g/mol. The van der Waals surface area contributed by atoms with Crippen molar-refractivity contribution in [2.75, 3.05) is 18.0 Å². The van der Waals surface area contributed by atoms with Gasteiger partial charge in [-0.1, -0.05) is 12.8 Å². The Morgan fingerprint density at radius 3 is 2.73 bits per heavy atom. The van der Waals surface area contributed by atoms with Crippen LogP contribution in [0.1, 0.15) is 31.4 Å². The van der Waals surface area contributed by atoms with E-state index in [1.54, 1.807) is 6.26 Å². The Balaban J connectivity index is 1.48. The Bertz CT molecular complexity index is 861. The van der Waals surface area contributed by atoms with Crippen LogP contribution in [0.4, 0.5) is 5.82 Å². The normalized spacial score (nSPS) is 15.2. The summed E-state index contributed by atoms with van der Waals surface area (Å²) in [6.45, 7) is 2.77. The third-order valence-electron chi connectivity index (χ3n) is 4.88. The van der Waals surface area contributed by atoms with Gasteiger partial charge in [0.25, 0.3) is 0 Å². The molecule has 0 spiro atoms. The van der Waals surface area contributed by atoms with Crippen LogP contribution in [0, 0.1) is 0 Å². The third kappa shape index (κ3) is 3.74. The number of amides is 1. The third-order valence-corrected chi connectivity index (χ3v) is 4.88. The molecular formula is C20H24N4O2. The minimum Gasteiger partial charge on any atom is -0.467 e. The first-order chi connectivity index (χ1) is 12.8. The van der Waals surface area contributed by atoms with Gasteiger partial charge in [-0.3, -0.25) is 4.79 Å². The van der Waals surface area contributed by atoms with Crippen molar-refractivity contribution >= 4 is 22.8 Å². The lowest BCUT2D eigenvalue weighted by Gasteiger charge is -2.21. The van der Waals surface area contributed by atoms with E-state index in [9.17, 15) is 4.79 Å². The van der Waals surface area contributed by atoms with Gasteiger partial charge in [-0.25, -0.2) is 4.98 Å². The summed E-state index contributed by atoms with van der Waals surface area (Å²) in [5.41, 5.74) is 0.861.